The maximum absolute atomic E-state index is 12.4. The van der Waals surface area contributed by atoms with Crippen molar-refractivity contribution in [3.63, 3.8) is 0 Å². The number of ether oxygens (including phenoxy) is 1. The third-order valence-corrected chi connectivity index (χ3v) is 5.36. The second kappa shape index (κ2) is 6.42. The molecule has 0 bridgehead atoms. The van der Waals surface area contributed by atoms with E-state index in [9.17, 15) is 4.79 Å². The highest BCUT2D eigenvalue weighted by Gasteiger charge is 2.56. The van der Waals surface area contributed by atoms with Gasteiger partial charge in [0, 0.05) is 18.1 Å². The smallest absolute Gasteiger partial charge is 0.254 e. The fourth-order valence-corrected chi connectivity index (χ4v) is 4.11. The topological polar surface area (TPSA) is 77.5 Å². The lowest BCUT2D eigenvalue weighted by Gasteiger charge is -2.57. The average Bonchev–Trinajstić information content (AvgIpc) is 3.04. The van der Waals surface area contributed by atoms with Gasteiger partial charge in [-0.25, -0.2) is 0 Å². The van der Waals surface area contributed by atoms with Crippen LogP contribution in [-0.2, 0) is 11.3 Å². The van der Waals surface area contributed by atoms with Crippen LogP contribution in [0, 0.1) is 5.41 Å². The first-order chi connectivity index (χ1) is 10.7. The largest absolute Gasteiger partial charge is 0.467 e. The van der Waals surface area contributed by atoms with Crippen LogP contribution in [0.1, 0.15) is 61.6 Å². The number of furan rings is 1. The molecule has 122 valence electrons. The van der Waals surface area contributed by atoms with Crippen molar-refractivity contribution in [2.75, 3.05) is 6.61 Å². The summed E-state index contributed by atoms with van der Waals surface area (Å²) in [6, 6.07) is 1.94. The monoisotopic (exact) mass is 306 g/mol. The van der Waals surface area contributed by atoms with E-state index in [1.54, 1.807) is 6.07 Å². The van der Waals surface area contributed by atoms with Crippen LogP contribution >= 0.6 is 0 Å². The van der Waals surface area contributed by atoms with Gasteiger partial charge in [0.25, 0.3) is 5.91 Å². The normalized spacial score (nSPS) is 26.6. The van der Waals surface area contributed by atoms with E-state index in [2.05, 4.69) is 5.32 Å². The average molecular weight is 306 g/mol. The predicted molar refractivity (Wildman–Crippen MR) is 83.4 cm³/mol. The standard InChI is InChI=1S/C17H26N2O3/c1-2-21-15-9-14(17(15)6-4-3-5-7-17)19-16(20)12-8-13(10-18)22-11-12/h8,11,14-15H,2-7,9-10,18H2,1H3,(H,19,20). The summed E-state index contributed by atoms with van der Waals surface area (Å²) >= 11 is 0. The number of hydrogen-bond donors (Lipinski definition) is 2. The first-order valence-corrected chi connectivity index (χ1v) is 8.39. The van der Waals surface area contributed by atoms with Gasteiger partial charge in [0.2, 0.25) is 0 Å². The van der Waals surface area contributed by atoms with Crippen molar-refractivity contribution in [1.82, 2.24) is 5.32 Å². The van der Waals surface area contributed by atoms with Crippen LogP contribution in [0.3, 0.4) is 0 Å². The fourth-order valence-electron chi connectivity index (χ4n) is 4.11. The zero-order valence-corrected chi connectivity index (χ0v) is 13.3. The molecule has 2 atom stereocenters. The van der Waals surface area contributed by atoms with Gasteiger partial charge in [0.05, 0.1) is 18.2 Å². The molecule has 2 fully saturated rings. The molecular formula is C17H26N2O3. The van der Waals surface area contributed by atoms with Crippen LogP contribution in [0.4, 0.5) is 0 Å². The Bertz CT molecular complexity index is 520. The van der Waals surface area contributed by atoms with E-state index in [4.69, 9.17) is 14.9 Å². The van der Waals surface area contributed by atoms with Crippen LogP contribution in [0.2, 0.25) is 0 Å². The number of nitrogens with one attached hydrogen (secondary N) is 1. The molecule has 0 saturated heterocycles. The highest BCUT2D eigenvalue weighted by Crippen LogP contribution is 2.53. The molecule has 1 spiro atoms. The second-order valence-corrected chi connectivity index (χ2v) is 6.51. The molecule has 5 nitrogen and oxygen atoms in total. The summed E-state index contributed by atoms with van der Waals surface area (Å²) in [6.07, 6.45) is 8.78. The highest BCUT2D eigenvalue weighted by molar-refractivity contribution is 5.94. The maximum Gasteiger partial charge on any atom is 0.254 e. The minimum Gasteiger partial charge on any atom is -0.467 e. The van der Waals surface area contributed by atoms with Gasteiger partial charge in [0.1, 0.15) is 12.0 Å². The van der Waals surface area contributed by atoms with E-state index in [1.807, 2.05) is 6.92 Å². The lowest BCUT2D eigenvalue weighted by atomic mass is 9.55. The van der Waals surface area contributed by atoms with Gasteiger partial charge in [-0.05, 0) is 32.3 Å². The first kappa shape index (κ1) is 15.6. The molecular weight excluding hydrogens is 280 g/mol. The summed E-state index contributed by atoms with van der Waals surface area (Å²) in [6.45, 7) is 3.10. The number of amides is 1. The van der Waals surface area contributed by atoms with Crippen molar-refractivity contribution in [2.45, 2.75) is 64.1 Å². The number of rotatable bonds is 5. The summed E-state index contributed by atoms with van der Waals surface area (Å²) in [7, 11) is 0. The van der Waals surface area contributed by atoms with Crippen molar-refractivity contribution >= 4 is 5.91 Å². The predicted octanol–water partition coefficient (Wildman–Crippen LogP) is 2.60. The van der Waals surface area contributed by atoms with Gasteiger partial charge in [-0.1, -0.05) is 19.3 Å². The van der Waals surface area contributed by atoms with Gasteiger partial charge in [0.15, 0.2) is 0 Å². The Morgan fingerprint density at radius 2 is 2.23 bits per heavy atom. The minimum atomic E-state index is -0.0617. The second-order valence-electron chi connectivity index (χ2n) is 6.51. The van der Waals surface area contributed by atoms with E-state index in [0.717, 1.165) is 25.9 Å². The van der Waals surface area contributed by atoms with Crippen LogP contribution < -0.4 is 11.1 Å². The van der Waals surface area contributed by atoms with Gasteiger partial charge in [-0.15, -0.1) is 0 Å². The lowest BCUT2D eigenvalue weighted by molar-refractivity contribution is -0.146. The number of carbonyl (C=O) groups is 1. The molecule has 3 rings (SSSR count). The maximum atomic E-state index is 12.4. The zero-order chi connectivity index (χ0) is 15.6. The molecule has 1 amide bonds. The van der Waals surface area contributed by atoms with E-state index < -0.39 is 0 Å². The molecule has 5 heteroatoms. The summed E-state index contributed by atoms with van der Waals surface area (Å²) in [4.78, 5) is 12.4. The van der Waals surface area contributed by atoms with E-state index >= 15 is 0 Å². The van der Waals surface area contributed by atoms with Crippen molar-refractivity contribution in [3.05, 3.63) is 23.7 Å². The van der Waals surface area contributed by atoms with Gasteiger partial charge >= 0.3 is 0 Å². The Labute approximate surface area is 131 Å². The third-order valence-electron chi connectivity index (χ3n) is 5.36. The Balaban J connectivity index is 1.67. The number of hydrogen-bond acceptors (Lipinski definition) is 4. The van der Waals surface area contributed by atoms with E-state index in [1.165, 1.54) is 25.5 Å². The van der Waals surface area contributed by atoms with Crippen LogP contribution in [-0.4, -0.2) is 24.7 Å². The summed E-state index contributed by atoms with van der Waals surface area (Å²) < 4.78 is 11.2. The Morgan fingerprint density at radius 1 is 1.45 bits per heavy atom. The van der Waals surface area contributed by atoms with Crippen LogP contribution in [0.15, 0.2) is 16.7 Å². The zero-order valence-electron chi connectivity index (χ0n) is 13.3. The van der Waals surface area contributed by atoms with Crippen LogP contribution in [0.25, 0.3) is 0 Å². The molecule has 0 radical (unpaired) electrons. The molecule has 0 aliphatic heterocycles. The lowest BCUT2D eigenvalue weighted by Crippen LogP contribution is -2.65. The van der Waals surface area contributed by atoms with Crippen LogP contribution in [0.5, 0.6) is 0 Å². The Morgan fingerprint density at radius 3 is 2.86 bits per heavy atom. The van der Waals surface area contributed by atoms with Crippen molar-refractivity contribution in [2.24, 2.45) is 11.1 Å². The molecule has 1 aromatic rings. The van der Waals surface area contributed by atoms with Crippen molar-refractivity contribution < 1.29 is 13.9 Å². The van der Waals surface area contributed by atoms with Gasteiger partial charge in [-0.3, -0.25) is 4.79 Å². The third kappa shape index (κ3) is 2.68. The molecule has 0 aromatic carbocycles. The molecule has 2 aliphatic carbocycles. The SMILES string of the molecule is CCOC1CC(NC(=O)c2coc(CN)c2)C12CCCCC2. The van der Waals surface area contributed by atoms with E-state index in [0.29, 0.717) is 24.0 Å². The number of carbonyl (C=O) groups excluding carboxylic acids is 1. The summed E-state index contributed by atoms with van der Waals surface area (Å²) in [5.41, 5.74) is 6.23. The summed E-state index contributed by atoms with van der Waals surface area (Å²) in [5, 5.41) is 3.20. The molecule has 2 unspecified atom stereocenters. The molecule has 22 heavy (non-hydrogen) atoms. The Hall–Kier alpha value is -1.33. The Kier molecular flexibility index (Phi) is 4.54. The fraction of sp³-hybridized carbons (Fsp3) is 0.706. The van der Waals surface area contributed by atoms with Gasteiger partial charge < -0.3 is 20.2 Å². The molecule has 1 heterocycles. The van der Waals surface area contributed by atoms with E-state index in [-0.39, 0.29) is 17.4 Å². The van der Waals surface area contributed by atoms with Crippen molar-refractivity contribution in [3.8, 4) is 0 Å². The molecule has 1 aromatic heterocycles. The quantitative estimate of drug-likeness (QED) is 0.876. The van der Waals surface area contributed by atoms with Gasteiger partial charge in [-0.2, -0.15) is 0 Å². The summed E-state index contributed by atoms with van der Waals surface area (Å²) in [5.74, 6) is 0.576. The molecule has 3 N–H and O–H groups in total. The first-order valence-electron chi connectivity index (χ1n) is 8.39. The minimum absolute atomic E-state index is 0.0617. The number of nitrogens with two attached hydrogens (primary N) is 1. The van der Waals surface area contributed by atoms with Crippen molar-refractivity contribution in [1.29, 1.82) is 0 Å². The highest BCUT2D eigenvalue weighted by atomic mass is 16.5. The molecule has 2 aliphatic rings. The molecule has 2 saturated carbocycles.